The van der Waals surface area contributed by atoms with Gasteiger partial charge in [-0.05, 0) is 196 Å². The van der Waals surface area contributed by atoms with Gasteiger partial charge in [0.25, 0.3) is 0 Å². The zero-order valence-electron chi connectivity index (χ0n) is 60.3. The standard InChI is InChI=1S/C95H91N3O/c1-90(2,3)64-34-36-69(37-35-64)95(70-46-56-73(57-47-70)96(71-48-38-65(39-49-71)91(4,5)6)72-50-40-66(41-51-72)92(7,8)9)81-60-76(97(74-52-42-67(43-53-74)93(10,11)12)83-31-22-26-62-24-16-18-28-77(62)83)58-59-79(81)87-82(95)61-85(89-88(87)80-30-20-21-33-86(80)99-89)98(75-54-44-68(45-55-75)94(13,14)15)84-32-23-27-63-25-17-19-29-78(63)84/h16-61H,1-15H3. The summed E-state index contributed by atoms with van der Waals surface area (Å²) in [5, 5.41) is 6.82. The van der Waals surface area contributed by atoms with Crippen LogP contribution >= 0.6 is 0 Å². The third-order valence-corrected chi connectivity index (χ3v) is 20.9. The fourth-order valence-electron chi connectivity index (χ4n) is 15.4. The van der Waals surface area contributed by atoms with Crippen molar-refractivity contribution in [1.82, 2.24) is 0 Å². The van der Waals surface area contributed by atoms with Crippen LogP contribution in [0.3, 0.4) is 0 Å². The zero-order valence-corrected chi connectivity index (χ0v) is 60.3. The van der Waals surface area contributed by atoms with Crippen molar-refractivity contribution in [2.24, 2.45) is 0 Å². The summed E-state index contributed by atoms with van der Waals surface area (Å²) in [4.78, 5) is 7.42. The lowest BCUT2D eigenvalue weighted by Crippen LogP contribution is -2.29. The van der Waals surface area contributed by atoms with Crippen molar-refractivity contribution in [3.05, 3.63) is 329 Å². The van der Waals surface area contributed by atoms with Crippen molar-refractivity contribution in [2.45, 2.75) is 136 Å². The second-order valence-corrected chi connectivity index (χ2v) is 32.7. The number of hydrogen-bond acceptors (Lipinski definition) is 4. The average Bonchev–Trinajstić information content (AvgIpc) is 1.52. The van der Waals surface area contributed by atoms with Crippen molar-refractivity contribution in [3.63, 3.8) is 0 Å². The summed E-state index contributed by atoms with van der Waals surface area (Å²) in [6.07, 6.45) is 0. The maximum absolute atomic E-state index is 7.55. The molecule has 0 bridgehead atoms. The van der Waals surface area contributed by atoms with E-state index in [-0.39, 0.29) is 27.1 Å². The van der Waals surface area contributed by atoms with Gasteiger partial charge in [0.1, 0.15) is 5.58 Å². The monoisotopic (exact) mass is 1290 g/mol. The smallest absolute Gasteiger partial charge is 0.160 e. The number of fused-ring (bicyclic) bond motifs is 9. The summed E-state index contributed by atoms with van der Waals surface area (Å²) in [5.41, 5.74) is 23.5. The molecule has 4 nitrogen and oxygen atoms in total. The average molecular weight is 1290 g/mol. The van der Waals surface area contributed by atoms with Gasteiger partial charge in [-0.2, -0.15) is 0 Å². The Kier molecular flexibility index (Phi) is 15.6. The van der Waals surface area contributed by atoms with Crippen LogP contribution in [0.5, 0.6) is 0 Å². The first kappa shape index (κ1) is 64.6. The molecule has 0 spiro atoms. The fourth-order valence-corrected chi connectivity index (χ4v) is 15.4. The third kappa shape index (κ3) is 11.4. The highest BCUT2D eigenvalue weighted by Gasteiger charge is 2.49. The number of para-hydroxylation sites is 1. The Bertz CT molecular complexity index is 5280. The summed E-state index contributed by atoms with van der Waals surface area (Å²) in [7, 11) is 0. The summed E-state index contributed by atoms with van der Waals surface area (Å²) in [6.45, 7) is 34.5. The van der Waals surface area contributed by atoms with E-state index in [1.54, 1.807) is 0 Å². The van der Waals surface area contributed by atoms with Crippen molar-refractivity contribution < 1.29 is 4.42 Å². The lowest BCUT2D eigenvalue weighted by Gasteiger charge is -2.37. The number of anilines is 9. The van der Waals surface area contributed by atoms with E-state index < -0.39 is 5.41 Å². The Morgan fingerprint density at radius 1 is 0.273 bits per heavy atom. The quantitative estimate of drug-likeness (QED) is 0.129. The summed E-state index contributed by atoms with van der Waals surface area (Å²) in [5.74, 6) is 0. The molecule has 492 valence electrons. The molecule has 4 heteroatoms. The molecule has 0 fully saturated rings. The van der Waals surface area contributed by atoms with E-state index in [9.17, 15) is 0 Å². The van der Waals surface area contributed by atoms with Crippen LogP contribution in [-0.4, -0.2) is 0 Å². The molecule has 1 unspecified atom stereocenters. The second kappa shape index (κ2) is 23.9. The number of benzene rings is 13. The van der Waals surface area contributed by atoms with Crippen LogP contribution in [0.15, 0.2) is 283 Å². The zero-order chi connectivity index (χ0) is 69.1. The van der Waals surface area contributed by atoms with Crippen LogP contribution in [-0.2, 0) is 32.5 Å². The maximum atomic E-state index is 7.55. The van der Waals surface area contributed by atoms with Crippen molar-refractivity contribution in [3.8, 4) is 11.1 Å². The molecule has 0 N–H and O–H groups in total. The van der Waals surface area contributed by atoms with Crippen LogP contribution in [0.1, 0.15) is 154 Å². The van der Waals surface area contributed by atoms with E-state index in [1.165, 1.54) is 55.3 Å². The van der Waals surface area contributed by atoms with E-state index in [0.29, 0.717) is 0 Å². The van der Waals surface area contributed by atoms with Gasteiger partial charge < -0.3 is 19.1 Å². The van der Waals surface area contributed by atoms with Gasteiger partial charge in [-0.15, -0.1) is 0 Å². The highest BCUT2D eigenvalue weighted by Crippen LogP contribution is 2.63. The van der Waals surface area contributed by atoms with Crippen molar-refractivity contribution >= 4 is 94.7 Å². The number of furan rings is 1. The van der Waals surface area contributed by atoms with Gasteiger partial charge in [0.05, 0.1) is 22.5 Å². The second-order valence-electron chi connectivity index (χ2n) is 32.7. The largest absolute Gasteiger partial charge is 0.454 e. The number of rotatable bonds is 11. The van der Waals surface area contributed by atoms with Gasteiger partial charge in [-0.3, -0.25) is 0 Å². The van der Waals surface area contributed by atoms with E-state index in [1.807, 2.05) is 0 Å². The van der Waals surface area contributed by atoms with Crippen LogP contribution in [0.4, 0.5) is 51.2 Å². The SMILES string of the molecule is CC(C)(C)c1ccc(N(c2ccc(C(C)(C)C)cc2)c2ccc(C3(c4ccc(C(C)(C)C)cc4)c4cc(N(c5ccc(C(C)(C)C)cc5)c5cccc6ccccc56)ccc4-c4c3cc(N(c3ccc(C(C)(C)C)cc3)c3cccc5ccccc35)c3oc5ccccc5c43)cc2)cc1. The molecule has 0 amide bonds. The minimum absolute atomic E-state index is 0.00766. The molecule has 1 aromatic heterocycles. The Morgan fingerprint density at radius 3 is 1.06 bits per heavy atom. The normalized spacial score (nSPS) is 14.3. The van der Waals surface area contributed by atoms with Crippen LogP contribution in [0, 0.1) is 0 Å². The topological polar surface area (TPSA) is 22.9 Å². The number of hydrogen-bond donors (Lipinski definition) is 0. The predicted octanol–water partition coefficient (Wildman–Crippen LogP) is 27.2. The van der Waals surface area contributed by atoms with E-state index >= 15 is 0 Å². The van der Waals surface area contributed by atoms with Crippen LogP contribution in [0.2, 0.25) is 0 Å². The highest BCUT2D eigenvalue weighted by atomic mass is 16.3. The molecule has 0 aliphatic heterocycles. The van der Waals surface area contributed by atoms with E-state index in [0.717, 1.165) is 101 Å². The lowest BCUT2D eigenvalue weighted by molar-refractivity contribution is 0.589. The summed E-state index contributed by atoms with van der Waals surface area (Å²) >= 11 is 0. The predicted molar refractivity (Wildman–Crippen MR) is 424 cm³/mol. The van der Waals surface area contributed by atoms with E-state index in [2.05, 4.69) is 398 Å². The maximum Gasteiger partial charge on any atom is 0.160 e. The van der Waals surface area contributed by atoms with Gasteiger partial charge in [0.15, 0.2) is 5.58 Å². The van der Waals surface area contributed by atoms with Gasteiger partial charge in [0.2, 0.25) is 0 Å². The molecule has 15 rings (SSSR count). The Morgan fingerprint density at radius 2 is 0.616 bits per heavy atom. The summed E-state index contributed by atoms with van der Waals surface area (Å²) in [6, 6.07) is 106. The molecule has 99 heavy (non-hydrogen) atoms. The molecule has 14 aromatic rings. The van der Waals surface area contributed by atoms with Crippen LogP contribution in [0.25, 0.3) is 54.6 Å². The first-order chi connectivity index (χ1) is 47.2. The molecule has 1 aliphatic carbocycles. The molecule has 1 aliphatic rings. The van der Waals surface area contributed by atoms with Crippen molar-refractivity contribution in [1.29, 1.82) is 0 Å². The van der Waals surface area contributed by atoms with Gasteiger partial charge in [0, 0.05) is 55.7 Å². The van der Waals surface area contributed by atoms with Gasteiger partial charge in [-0.25, -0.2) is 0 Å². The van der Waals surface area contributed by atoms with Crippen molar-refractivity contribution in [2.75, 3.05) is 14.7 Å². The fraction of sp³-hybridized carbons (Fsp3) is 0.221. The summed E-state index contributed by atoms with van der Waals surface area (Å²) < 4.78 is 7.55. The first-order valence-corrected chi connectivity index (χ1v) is 35.4. The lowest BCUT2D eigenvalue weighted by atomic mass is 9.67. The molecule has 0 radical (unpaired) electrons. The Hall–Kier alpha value is -10.4. The molecular formula is C95H91N3O. The molecule has 0 saturated carbocycles. The van der Waals surface area contributed by atoms with E-state index in [4.69, 9.17) is 4.42 Å². The minimum atomic E-state index is -0.953. The van der Waals surface area contributed by atoms with Crippen LogP contribution < -0.4 is 14.7 Å². The van der Waals surface area contributed by atoms with Gasteiger partial charge >= 0.3 is 0 Å². The molecule has 13 aromatic carbocycles. The third-order valence-electron chi connectivity index (χ3n) is 20.9. The Labute approximate surface area is 586 Å². The first-order valence-electron chi connectivity index (χ1n) is 35.4. The molecule has 1 atom stereocenters. The molecule has 1 heterocycles. The Balaban J connectivity index is 1.08. The van der Waals surface area contributed by atoms with Gasteiger partial charge in [-0.1, -0.05) is 286 Å². The number of nitrogens with zero attached hydrogens (tertiary/aromatic N) is 3. The molecular weight excluding hydrogens is 1200 g/mol. The highest BCUT2D eigenvalue weighted by molar-refractivity contribution is 6.20. The molecule has 0 saturated heterocycles. The minimum Gasteiger partial charge on any atom is -0.454 e.